The third-order valence-corrected chi connectivity index (χ3v) is 37.7. The predicted molar refractivity (Wildman–Crippen MR) is 594 cm³/mol. The summed E-state index contributed by atoms with van der Waals surface area (Å²) in [7, 11) is 0. The molecule has 142 heavy (non-hydrogen) atoms. The van der Waals surface area contributed by atoms with Crippen molar-refractivity contribution in [1.82, 2.24) is 18.3 Å². The second-order valence-corrected chi connectivity index (χ2v) is 44.4. The van der Waals surface area contributed by atoms with Gasteiger partial charge < -0.3 is 22.7 Å². The lowest BCUT2D eigenvalue weighted by Crippen LogP contribution is -2.55. The molecule has 0 aliphatic heterocycles. The molecule has 0 radical (unpaired) electrons. The van der Waals surface area contributed by atoms with Crippen LogP contribution in [0.4, 0.5) is 0 Å². The maximum absolute atomic E-state index is 7.15. The van der Waals surface area contributed by atoms with Crippen LogP contribution in [0.2, 0.25) is 0 Å². The Balaban J connectivity index is 0.000000126. The van der Waals surface area contributed by atoms with E-state index >= 15 is 0 Å². The summed E-state index contributed by atoms with van der Waals surface area (Å²) in [6.45, 7) is 0. The van der Waals surface area contributed by atoms with Crippen molar-refractivity contribution in [2.45, 2.75) is 75.0 Å². The summed E-state index contributed by atoms with van der Waals surface area (Å²) in [6, 6.07) is 157. The lowest BCUT2D eigenvalue weighted by Gasteiger charge is -2.61. The van der Waals surface area contributed by atoms with Gasteiger partial charge in [0, 0.05) is 102 Å². The molecule has 10 aliphatic carbocycles. The molecule has 0 N–H and O–H groups in total. The molecular weight excluding hydrogens is 1740 g/mol. The molecule has 5 nitrogen and oxygen atoms in total. The highest BCUT2D eigenvalue weighted by Gasteiger charge is 2.63. The third kappa shape index (κ3) is 11.0. The monoisotopic (exact) mass is 1830 g/mol. The van der Waals surface area contributed by atoms with Crippen LogP contribution >= 0.6 is 11.3 Å². The average molecular weight is 1830 g/mol. The lowest BCUT2D eigenvalue weighted by atomic mass is 9.43. The maximum atomic E-state index is 7.15. The summed E-state index contributed by atoms with van der Waals surface area (Å²) < 4.78 is 19.7. The van der Waals surface area contributed by atoms with Crippen LogP contribution in [0.3, 0.4) is 0 Å². The number of hydrogen-bond acceptors (Lipinski definition) is 2. The normalized spacial score (nSPS) is 21.0. The number of furan rings is 1. The summed E-state index contributed by atoms with van der Waals surface area (Å²) in [4.78, 5) is 0. The molecule has 672 valence electrons. The highest BCUT2D eigenvalue weighted by Crippen LogP contribution is 2.72. The number of para-hydroxylation sites is 5. The molecule has 0 unspecified atom stereocenters. The van der Waals surface area contributed by atoms with Gasteiger partial charge in [0.1, 0.15) is 11.2 Å². The topological polar surface area (TPSA) is 32.9 Å². The summed E-state index contributed by atoms with van der Waals surface area (Å²) in [6.07, 6.45) is 14.1. The van der Waals surface area contributed by atoms with E-state index < -0.39 is 0 Å². The highest BCUT2D eigenvalue weighted by molar-refractivity contribution is 7.25. The molecule has 2 spiro atoms. The fourth-order valence-corrected chi connectivity index (χ4v) is 32.4. The first kappa shape index (κ1) is 79.0. The van der Waals surface area contributed by atoms with Gasteiger partial charge in [-0.05, 0) is 344 Å². The Morgan fingerprint density at radius 3 is 1.11 bits per heavy atom. The van der Waals surface area contributed by atoms with Gasteiger partial charge >= 0.3 is 0 Å². The second-order valence-electron chi connectivity index (χ2n) is 43.3. The first-order chi connectivity index (χ1) is 70.3. The van der Waals surface area contributed by atoms with Gasteiger partial charge in [-0.2, -0.15) is 0 Å². The number of nitrogens with zero attached hydrogens (tertiary/aromatic N) is 4. The van der Waals surface area contributed by atoms with Gasteiger partial charge in [-0.1, -0.05) is 285 Å². The summed E-state index contributed by atoms with van der Waals surface area (Å²) in [5.74, 6) is 6.66. The minimum Gasteiger partial charge on any atom is -0.455 e. The molecule has 26 aromatic rings. The van der Waals surface area contributed by atoms with Crippen molar-refractivity contribution in [3.8, 4) is 89.5 Å². The Morgan fingerprint density at radius 2 is 0.563 bits per heavy atom. The molecule has 10 aliphatic rings. The van der Waals surface area contributed by atoms with Gasteiger partial charge in [0.25, 0.3) is 0 Å². The molecular formula is C136H96N4OS. The van der Waals surface area contributed by atoms with Gasteiger partial charge in [0.05, 0.1) is 55.2 Å². The van der Waals surface area contributed by atoms with E-state index in [1.807, 2.05) is 11.3 Å². The molecule has 6 heterocycles. The van der Waals surface area contributed by atoms with E-state index in [0.717, 1.165) is 75.0 Å². The van der Waals surface area contributed by atoms with E-state index in [-0.39, 0.29) is 10.8 Å². The molecule has 8 saturated carbocycles. The van der Waals surface area contributed by atoms with E-state index in [4.69, 9.17) is 4.42 Å². The minimum atomic E-state index is 0.110. The van der Waals surface area contributed by atoms with Crippen LogP contribution in [0.15, 0.2) is 417 Å². The van der Waals surface area contributed by atoms with E-state index in [9.17, 15) is 0 Å². The molecule has 8 bridgehead atoms. The highest BCUT2D eigenvalue weighted by atomic mass is 32.1. The van der Waals surface area contributed by atoms with Crippen LogP contribution < -0.4 is 0 Å². The number of benzene rings is 20. The van der Waals surface area contributed by atoms with E-state index in [0.29, 0.717) is 0 Å². The first-order valence-electron chi connectivity index (χ1n) is 51.8. The van der Waals surface area contributed by atoms with Crippen LogP contribution in [0.5, 0.6) is 0 Å². The fourth-order valence-electron chi connectivity index (χ4n) is 31.3. The van der Waals surface area contributed by atoms with Gasteiger partial charge in [-0.25, -0.2) is 0 Å². The quantitative estimate of drug-likeness (QED) is 0.149. The molecule has 0 amide bonds. The zero-order chi connectivity index (χ0) is 92.2. The average Bonchev–Trinajstić information content (AvgIpc) is 1.52. The van der Waals surface area contributed by atoms with Crippen molar-refractivity contribution in [3.05, 3.63) is 435 Å². The lowest BCUT2D eigenvalue weighted by molar-refractivity contribution is -0.0399. The van der Waals surface area contributed by atoms with Crippen molar-refractivity contribution < 1.29 is 4.42 Å². The third-order valence-electron chi connectivity index (χ3n) is 36.5. The van der Waals surface area contributed by atoms with Crippen molar-refractivity contribution in [3.63, 3.8) is 0 Å². The van der Waals surface area contributed by atoms with Gasteiger partial charge in [-0.3, -0.25) is 0 Å². The SMILES string of the molecule is c1ccc2c(c1)-c1ccc(-c3ccc4cc(-n5c6ccccc6c6ccc(-c7ccc8c9ccccc9n(-c9ccc%10ccccc%10c9)c8c7)cc65)ccc4c3)cc1C21C2CC3CC(C2)CC1C3.c1ccc2c(c1)-c1ccc(-c3cccc4c3oc3cccc(-n5c6ccccc6c6ccc(-c7ccc8c9ccccc9n(-c9ccc%10sc%11ccccc%11c%10c9)c8c7)cc65)c34)cc1C21C2CC3CC(C2)CC1C3. The standard InChI is InChI=1S/C70H48N2OS.C66H48N2/c1-5-17-58-49(11-1)50-27-25-44(36-59(50)70(58)45-32-40-31-41(34-45)35-46(70)33-40)48-15-9-16-56-68-62(20-10-21-65(68)73-69(48)56)72-61-19-7-3-13-52(61)54-29-24-43(38-64(54)72)42-23-28-53-51-12-2-6-18-60(51)71(63(53)37-42)47-26-30-67-57(39-47)55-14-4-8-22-66(55)74-67;1-2-10-43-35-52(24-19-42(43)9-1)67-62-15-7-4-12-56(62)58-27-22-48(38-64(58)67)49-23-28-59-57-13-5-8-16-63(57)68(65(59)39-49)53-25-20-45-34-44(17-18-46(45)36-53)47-21-26-55-54-11-3-6-14-60(54)66(61(55)37-47)50-30-40-29-41(32-50)33-51(66)31-40/h1-30,36-41,45-46H,31-35H2;1-28,34-41,50-51H,29-33H2. The smallest absolute Gasteiger partial charge is 0.143 e. The van der Waals surface area contributed by atoms with Crippen LogP contribution in [0.25, 0.3) is 240 Å². The number of aromatic nitrogens is 4. The minimum absolute atomic E-state index is 0.110. The van der Waals surface area contributed by atoms with Crippen molar-refractivity contribution in [2.24, 2.45) is 47.3 Å². The van der Waals surface area contributed by atoms with Gasteiger partial charge in [0.2, 0.25) is 0 Å². The van der Waals surface area contributed by atoms with Crippen molar-refractivity contribution >= 4 is 162 Å². The Hall–Kier alpha value is -15.9. The van der Waals surface area contributed by atoms with Crippen LogP contribution in [0, 0.1) is 47.3 Å². The Bertz CT molecular complexity index is 9970. The summed E-state index contributed by atoms with van der Waals surface area (Å²) in [5.41, 5.74) is 38.7. The molecule has 6 heteroatoms. The Morgan fingerprint density at radius 1 is 0.211 bits per heavy atom. The molecule has 0 saturated heterocycles. The number of fused-ring (bicyclic) bond motifs is 26. The zero-order valence-electron chi connectivity index (χ0n) is 78.6. The van der Waals surface area contributed by atoms with E-state index in [1.165, 1.54) is 277 Å². The van der Waals surface area contributed by atoms with Crippen molar-refractivity contribution in [1.29, 1.82) is 0 Å². The van der Waals surface area contributed by atoms with Gasteiger partial charge in [0.15, 0.2) is 0 Å². The number of rotatable bonds is 8. The number of hydrogen-bond donors (Lipinski definition) is 0. The first-order valence-corrected chi connectivity index (χ1v) is 52.6. The maximum Gasteiger partial charge on any atom is 0.143 e. The molecule has 6 aromatic heterocycles. The molecule has 20 aromatic carbocycles. The van der Waals surface area contributed by atoms with Crippen molar-refractivity contribution in [2.75, 3.05) is 0 Å². The fraction of sp³-hybridized carbons (Fsp3) is 0.147. The zero-order valence-corrected chi connectivity index (χ0v) is 79.4. The largest absolute Gasteiger partial charge is 0.455 e. The predicted octanol–water partition coefficient (Wildman–Crippen LogP) is 36.4. The Kier molecular flexibility index (Phi) is 16.4. The number of thiophene rings is 1. The van der Waals surface area contributed by atoms with Crippen LogP contribution in [-0.2, 0) is 10.8 Å². The second kappa shape index (κ2) is 29.4. The van der Waals surface area contributed by atoms with E-state index in [1.54, 1.807) is 22.3 Å². The van der Waals surface area contributed by atoms with Gasteiger partial charge in [-0.15, -0.1) is 11.3 Å². The molecule has 0 atom stereocenters. The summed E-state index contributed by atoms with van der Waals surface area (Å²) >= 11 is 1.87. The van der Waals surface area contributed by atoms with Crippen LogP contribution in [0.1, 0.15) is 86.5 Å². The molecule has 36 rings (SSSR count). The molecule has 8 fully saturated rings. The van der Waals surface area contributed by atoms with E-state index in [2.05, 4.69) is 431 Å². The summed E-state index contributed by atoms with van der Waals surface area (Å²) in [5, 5.41) is 20.0. The Labute approximate surface area is 825 Å². The van der Waals surface area contributed by atoms with Crippen LogP contribution in [-0.4, -0.2) is 18.3 Å².